The van der Waals surface area contributed by atoms with E-state index in [0.29, 0.717) is 39.6 Å². The number of hydrogen-bond donors (Lipinski definition) is 1. The zero-order valence-electron chi connectivity index (χ0n) is 26.9. The van der Waals surface area contributed by atoms with E-state index in [1.54, 1.807) is 0 Å². The maximum absolute atomic E-state index is 6.87. The van der Waals surface area contributed by atoms with Crippen LogP contribution >= 0.6 is 0 Å². The molecule has 47 heavy (non-hydrogen) atoms. The lowest BCUT2D eigenvalue weighted by Crippen LogP contribution is -2.54. The number of rotatable bonds is 20. The summed E-state index contributed by atoms with van der Waals surface area (Å²) >= 11 is 0. The Labute approximate surface area is 279 Å². The Morgan fingerprint density at radius 1 is 0.468 bits per heavy atom. The van der Waals surface area contributed by atoms with E-state index in [1.165, 1.54) is 5.56 Å². The van der Waals surface area contributed by atoms with Gasteiger partial charge in [-0.1, -0.05) is 158 Å². The Balaban J connectivity index is 1.45. The SMILES string of the molecule is C=C[C@H](OCc1ccccc1)[C@@H](OCc1ccccc1)[C@@H](OCc1ccccc1)[C@H](COCc1ccccc1)NCc1ccccc1. The highest BCUT2D eigenvalue weighted by Crippen LogP contribution is 2.23. The second-order valence-electron chi connectivity index (χ2n) is 11.5. The fourth-order valence-electron chi connectivity index (χ4n) is 5.41. The van der Waals surface area contributed by atoms with Crippen LogP contribution in [-0.4, -0.2) is 31.0 Å². The third kappa shape index (κ3) is 11.4. The molecule has 0 unspecified atom stereocenters. The normalized spacial score (nSPS) is 13.8. The van der Waals surface area contributed by atoms with Gasteiger partial charge in [-0.15, -0.1) is 6.58 Å². The molecule has 0 heterocycles. The molecule has 0 aliphatic rings. The largest absolute Gasteiger partial charge is 0.375 e. The molecule has 0 saturated carbocycles. The predicted octanol–water partition coefficient (Wildman–Crippen LogP) is 8.30. The summed E-state index contributed by atoms with van der Waals surface area (Å²) in [6, 6.07) is 50.9. The number of hydrogen-bond acceptors (Lipinski definition) is 5. The maximum Gasteiger partial charge on any atom is 0.115 e. The first-order valence-electron chi connectivity index (χ1n) is 16.3. The minimum absolute atomic E-state index is 0.244. The Bertz CT molecular complexity index is 1530. The number of benzene rings is 5. The van der Waals surface area contributed by atoms with Crippen molar-refractivity contribution in [3.8, 4) is 0 Å². The smallest absolute Gasteiger partial charge is 0.115 e. The van der Waals surface area contributed by atoms with E-state index in [0.717, 1.165) is 22.3 Å². The van der Waals surface area contributed by atoms with Gasteiger partial charge in [0, 0.05) is 6.54 Å². The van der Waals surface area contributed by atoms with Crippen molar-refractivity contribution >= 4 is 0 Å². The first-order valence-corrected chi connectivity index (χ1v) is 16.3. The molecule has 242 valence electrons. The summed E-state index contributed by atoms with van der Waals surface area (Å²) < 4.78 is 26.6. The minimum atomic E-state index is -0.506. The lowest BCUT2D eigenvalue weighted by molar-refractivity contribution is -0.153. The Morgan fingerprint density at radius 3 is 1.30 bits per heavy atom. The molecule has 0 spiro atoms. The molecule has 1 N–H and O–H groups in total. The van der Waals surface area contributed by atoms with Crippen molar-refractivity contribution in [3.05, 3.63) is 192 Å². The zero-order chi connectivity index (χ0) is 32.4. The van der Waals surface area contributed by atoms with Crippen LogP contribution in [0.4, 0.5) is 0 Å². The van der Waals surface area contributed by atoms with Gasteiger partial charge in [0.15, 0.2) is 0 Å². The average Bonchev–Trinajstić information content (AvgIpc) is 3.14. The summed E-state index contributed by atoms with van der Waals surface area (Å²) in [4.78, 5) is 0. The van der Waals surface area contributed by atoms with Crippen LogP contribution in [0.1, 0.15) is 27.8 Å². The molecule has 0 aromatic heterocycles. The number of nitrogens with one attached hydrogen (secondary N) is 1. The van der Waals surface area contributed by atoms with Crippen molar-refractivity contribution in [2.24, 2.45) is 0 Å². The molecular formula is C42H45NO4. The zero-order valence-corrected chi connectivity index (χ0v) is 26.9. The van der Waals surface area contributed by atoms with Crippen LogP contribution in [0.5, 0.6) is 0 Å². The molecule has 0 fully saturated rings. The summed E-state index contributed by atoms with van der Waals surface area (Å²) in [5.41, 5.74) is 5.51. The first kappa shape index (κ1) is 34.0. The van der Waals surface area contributed by atoms with Crippen LogP contribution in [0.25, 0.3) is 0 Å². The molecule has 5 rings (SSSR count). The van der Waals surface area contributed by atoms with E-state index >= 15 is 0 Å². The molecule has 5 aromatic carbocycles. The monoisotopic (exact) mass is 627 g/mol. The average molecular weight is 628 g/mol. The number of ether oxygens (including phenoxy) is 4. The van der Waals surface area contributed by atoms with Gasteiger partial charge in [-0.25, -0.2) is 0 Å². The molecule has 4 atom stereocenters. The maximum atomic E-state index is 6.87. The molecular weight excluding hydrogens is 582 g/mol. The van der Waals surface area contributed by atoms with E-state index in [-0.39, 0.29) is 6.04 Å². The van der Waals surface area contributed by atoms with Crippen LogP contribution in [0.2, 0.25) is 0 Å². The summed E-state index contributed by atoms with van der Waals surface area (Å²) in [5, 5.41) is 3.77. The highest BCUT2D eigenvalue weighted by molar-refractivity contribution is 5.18. The molecule has 0 amide bonds. The van der Waals surface area contributed by atoms with Crippen LogP contribution in [0.3, 0.4) is 0 Å². The third-order valence-electron chi connectivity index (χ3n) is 7.95. The van der Waals surface area contributed by atoms with Crippen molar-refractivity contribution < 1.29 is 18.9 Å². The van der Waals surface area contributed by atoms with Crippen LogP contribution in [0, 0.1) is 0 Å². The van der Waals surface area contributed by atoms with Gasteiger partial charge in [-0.3, -0.25) is 0 Å². The lowest BCUT2D eigenvalue weighted by Gasteiger charge is -2.37. The van der Waals surface area contributed by atoms with Crippen LogP contribution in [0.15, 0.2) is 164 Å². The van der Waals surface area contributed by atoms with Gasteiger partial charge in [0.05, 0.1) is 39.1 Å². The lowest BCUT2D eigenvalue weighted by atomic mass is 9.99. The quantitative estimate of drug-likeness (QED) is 0.0880. The van der Waals surface area contributed by atoms with Crippen LogP contribution in [-0.2, 0) is 51.9 Å². The fourth-order valence-corrected chi connectivity index (χ4v) is 5.41. The van der Waals surface area contributed by atoms with Crippen molar-refractivity contribution in [2.75, 3.05) is 6.61 Å². The van der Waals surface area contributed by atoms with Gasteiger partial charge in [-0.05, 0) is 27.8 Å². The van der Waals surface area contributed by atoms with Gasteiger partial charge >= 0.3 is 0 Å². The molecule has 0 saturated heterocycles. The van der Waals surface area contributed by atoms with Gasteiger partial charge in [-0.2, -0.15) is 0 Å². The molecule has 5 heteroatoms. The van der Waals surface area contributed by atoms with Gasteiger partial charge in [0.25, 0.3) is 0 Å². The molecule has 0 aliphatic heterocycles. The van der Waals surface area contributed by atoms with Crippen LogP contribution < -0.4 is 5.32 Å². The molecule has 5 aromatic rings. The second kappa shape index (κ2) is 19.3. The predicted molar refractivity (Wildman–Crippen MR) is 188 cm³/mol. The highest BCUT2D eigenvalue weighted by Gasteiger charge is 2.37. The highest BCUT2D eigenvalue weighted by atomic mass is 16.6. The van der Waals surface area contributed by atoms with Crippen molar-refractivity contribution in [3.63, 3.8) is 0 Å². The molecule has 0 bridgehead atoms. The Kier molecular flexibility index (Phi) is 14.0. The van der Waals surface area contributed by atoms with Gasteiger partial charge < -0.3 is 24.3 Å². The fraction of sp³-hybridized carbons (Fsp3) is 0.238. The molecule has 0 radical (unpaired) electrons. The first-order chi connectivity index (χ1) is 23.3. The Hall–Kier alpha value is -4.36. The third-order valence-corrected chi connectivity index (χ3v) is 7.95. The summed E-state index contributed by atoms with van der Waals surface area (Å²) in [5.74, 6) is 0. The van der Waals surface area contributed by atoms with Gasteiger partial charge in [0.1, 0.15) is 18.3 Å². The van der Waals surface area contributed by atoms with E-state index in [1.807, 2.05) is 84.9 Å². The molecule has 5 nitrogen and oxygen atoms in total. The van der Waals surface area contributed by atoms with Crippen molar-refractivity contribution in [2.45, 2.75) is 57.3 Å². The topological polar surface area (TPSA) is 49.0 Å². The summed E-state index contributed by atoms with van der Waals surface area (Å²) in [7, 11) is 0. The van der Waals surface area contributed by atoms with E-state index in [2.05, 4.69) is 84.7 Å². The molecule has 0 aliphatic carbocycles. The Morgan fingerprint density at radius 2 is 0.851 bits per heavy atom. The standard InChI is InChI=1S/C42H45NO4/c1-2-40(45-30-36-22-12-5-13-23-36)42(47-32-38-26-16-7-17-27-38)41(46-31-37-24-14-6-15-25-37)39(43-28-34-18-8-3-9-19-34)33-44-29-35-20-10-4-11-21-35/h2-27,39-43H,1,28-33H2/t39-,40-,41-,42+/m0/s1. The summed E-state index contributed by atoms with van der Waals surface area (Å²) in [6.45, 7) is 6.93. The summed E-state index contributed by atoms with van der Waals surface area (Å²) in [6.07, 6.45) is 0.400. The van der Waals surface area contributed by atoms with Gasteiger partial charge in [0.2, 0.25) is 0 Å². The van der Waals surface area contributed by atoms with E-state index in [4.69, 9.17) is 18.9 Å². The van der Waals surface area contributed by atoms with E-state index in [9.17, 15) is 0 Å². The van der Waals surface area contributed by atoms with Crippen molar-refractivity contribution in [1.29, 1.82) is 0 Å². The van der Waals surface area contributed by atoms with E-state index < -0.39 is 18.3 Å². The minimum Gasteiger partial charge on any atom is -0.375 e. The second-order valence-corrected chi connectivity index (χ2v) is 11.5. The van der Waals surface area contributed by atoms with Crippen molar-refractivity contribution in [1.82, 2.24) is 5.32 Å².